The van der Waals surface area contributed by atoms with Crippen LogP contribution in [-0.2, 0) is 17.3 Å². The number of thioether (sulfide) groups is 1. The fraction of sp³-hybridized carbons (Fsp3) is 0.286. The highest BCUT2D eigenvalue weighted by molar-refractivity contribution is 9.10. The van der Waals surface area contributed by atoms with Crippen molar-refractivity contribution in [2.45, 2.75) is 31.3 Å². The third kappa shape index (κ3) is 5.02. The summed E-state index contributed by atoms with van der Waals surface area (Å²) in [5, 5.41) is 12.1. The molecule has 0 radical (unpaired) electrons. The largest absolute Gasteiger partial charge is 0.325 e. The molecule has 0 aliphatic carbocycles. The molecule has 0 spiro atoms. The van der Waals surface area contributed by atoms with E-state index in [0.29, 0.717) is 5.16 Å². The Morgan fingerprint density at radius 1 is 1.07 bits per heavy atom. The molecule has 7 heteroatoms. The van der Waals surface area contributed by atoms with E-state index in [4.69, 9.17) is 0 Å². The highest BCUT2D eigenvalue weighted by atomic mass is 79.9. The van der Waals surface area contributed by atoms with Gasteiger partial charge in [-0.3, -0.25) is 4.79 Å². The molecule has 3 rings (SSSR count). The summed E-state index contributed by atoms with van der Waals surface area (Å²) in [7, 11) is 1.92. The summed E-state index contributed by atoms with van der Waals surface area (Å²) in [6, 6.07) is 15.9. The lowest BCUT2D eigenvalue weighted by molar-refractivity contribution is -0.113. The second kappa shape index (κ2) is 8.49. The number of carbonyl (C=O) groups is 1. The van der Waals surface area contributed by atoms with Gasteiger partial charge in [-0.25, -0.2) is 0 Å². The average Bonchev–Trinajstić information content (AvgIpc) is 3.02. The van der Waals surface area contributed by atoms with Crippen molar-refractivity contribution in [3.63, 3.8) is 0 Å². The third-order valence-corrected chi connectivity index (χ3v) is 5.85. The van der Waals surface area contributed by atoms with Gasteiger partial charge in [-0.2, -0.15) is 0 Å². The standard InChI is InChI=1S/C21H23BrN4OS/c1-21(2,3)15-7-5-14(6-8-15)19-24-25-20(26(19)4)28-13-18(27)23-17-11-9-16(22)10-12-17/h5-12H,13H2,1-4H3,(H,23,27). The second-order valence-corrected chi connectivity index (χ2v) is 9.39. The van der Waals surface area contributed by atoms with Crippen molar-refractivity contribution in [1.29, 1.82) is 0 Å². The number of nitrogens with zero attached hydrogens (tertiary/aromatic N) is 3. The molecule has 0 atom stereocenters. The first-order valence-electron chi connectivity index (χ1n) is 8.92. The minimum Gasteiger partial charge on any atom is -0.325 e. The predicted molar refractivity (Wildman–Crippen MR) is 119 cm³/mol. The third-order valence-electron chi connectivity index (χ3n) is 4.30. The lowest BCUT2D eigenvalue weighted by Crippen LogP contribution is -2.14. The molecule has 5 nitrogen and oxygen atoms in total. The summed E-state index contributed by atoms with van der Waals surface area (Å²) in [4.78, 5) is 12.2. The van der Waals surface area contributed by atoms with E-state index < -0.39 is 0 Å². The van der Waals surface area contributed by atoms with E-state index in [1.807, 2.05) is 35.9 Å². The zero-order valence-electron chi connectivity index (χ0n) is 16.4. The molecule has 1 N–H and O–H groups in total. The number of hydrogen-bond donors (Lipinski definition) is 1. The van der Waals surface area contributed by atoms with Crippen LogP contribution >= 0.6 is 27.7 Å². The molecule has 146 valence electrons. The summed E-state index contributed by atoms with van der Waals surface area (Å²) in [6.07, 6.45) is 0. The Morgan fingerprint density at radius 2 is 1.71 bits per heavy atom. The molecular weight excluding hydrogens is 436 g/mol. The van der Waals surface area contributed by atoms with Crippen molar-refractivity contribution in [3.8, 4) is 11.4 Å². The molecule has 0 aliphatic rings. The first-order valence-corrected chi connectivity index (χ1v) is 10.7. The van der Waals surface area contributed by atoms with Gasteiger partial charge in [0.05, 0.1) is 5.75 Å². The molecule has 0 saturated carbocycles. The van der Waals surface area contributed by atoms with Crippen molar-refractivity contribution >= 4 is 39.3 Å². The molecule has 1 amide bonds. The number of rotatable bonds is 5. The van der Waals surface area contributed by atoms with E-state index in [9.17, 15) is 4.79 Å². The summed E-state index contributed by atoms with van der Waals surface area (Å²) in [5.74, 6) is 0.980. The number of amides is 1. The number of carbonyl (C=O) groups excluding carboxylic acids is 1. The van der Waals surface area contributed by atoms with Crippen LogP contribution in [0.2, 0.25) is 0 Å². The van der Waals surface area contributed by atoms with Gasteiger partial charge in [-0.1, -0.05) is 72.7 Å². The molecule has 2 aromatic carbocycles. The molecular formula is C21H23BrN4OS. The topological polar surface area (TPSA) is 59.8 Å². The van der Waals surface area contributed by atoms with E-state index in [0.717, 1.165) is 21.5 Å². The summed E-state index contributed by atoms with van der Waals surface area (Å²) < 4.78 is 2.89. The minimum atomic E-state index is -0.0774. The van der Waals surface area contributed by atoms with Crippen LogP contribution in [0.15, 0.2) is 58.2 Å². The van der Waals surface area contributed by atoms with Crippen molar-refractivity contribution in [1.82, 2.24) is 14.8 Å². The van der Waals surface area contributed by atoms with Gasteiger partial charge in [0.25, 0.3) is 0 Å². The van der Waals surface area contributed by atoms with Gasteiger partial charge in [-0.05, 0) is 35.2 Å². The number of anilines is 1. The predicted octanol–water partition coefficient (Wildman–Crippen LogP) is 5.27. The van der Waals surface area contributed by atoms with E-state index in [2.05, 4.69) is 76.5 Å². The number of aromatic nitrogens is 3. The zero-order valence-corrected chi connectivity index (χ0v) is 18.8. The highest BCUT2D eigenvalue weighted by Gasteiger charge is 2.16. The van der Waals surface area contributed by atoms with Gasteiger partial charge >= 0.3 is 0 Å². The van der Waals surface area contributed by atoms with Gasteiger partial charge < -0.3 is 9.88 Å². The molecule has 3 aromatic rings. The summed E-state index contributed by atoms with van der Waals surface area (Å²) >= 11 is 4.75. The Labute approximate surface area is 178 Å². The average molecular weight is 459 g/mol. The first-order chi connectivity index (χ1) is 13.2. The monoisotopic (exact) mass is 458 g/mol. The van der Waals surface area contributed by atoms with Crippen LogP contribution in [0.25, 0.3) is 11.4 Å². The van der Waals surface area contributed by atoms with Crippen LogP contribution in [0.5, 0.6) is 0 Å². The molecule has 0 bridgehead atoms. The molecule has 0 saturated heterocycles. The van der Waals surface area contributed by atoms with Gasteiger partial charge in [-0.15, -0.1) is 10.2 Å². The number of halogens is 1. The molecule has 28 heavy (non-hydrogen) atoms. The van der Waals surface area contributed by atoms with Gasteiger partial charge in [0.2, 0.25) is 5.91 Å². The smallest absolute Gasteiger partial charge is 0.234 e. The lowest BCUT2D eigenvalue weighted by Gasteiger charge is -2.19. The molecule has 1 aromatic heterocycles. The van der Waals surface area contributed by atoms with Crippen molar-refractivity contribution in [2.75, 3.05) is 11.1 Å². The maximum absolute atomic E-state index is 12.2. The van der Waals surface area contributed by atoms with Gasteiger partial charge in [0.15, 0.2) is 11.0 Å². The number of hydrogen-bond acceptors (Lipinski definition) is 4. The SMILES string of the molecule is Cn1c(SCC(=O)Nc2ccc(Br)cc2)nnc1-c1ccc(C(C)(C)C)cc1. The summed E-state index contributed by atoms with van der Waals surface area (Å²) in [5.41, 5.74) is 3.17. The van der Waals surface area contributed by atoms with E-state index in [1.54, 1.807) is 0 Å². The van der Waals surface area contributed by atoms with Gasteiger partial charge in [0, 0.05) is 22.8 Å². The Balaban J connectivity index is 1.64. The Morgan fingerprint density at radius 3 is 2.32 bits per heavy atom. The lowest BCUT2D eigenvalue weighted by atomic mass is 9.87. The Hall–Kier alpha value is -2.12. The number of benzene rings is 2. The van der Waals surface area contributed by atoms with Crippen LogP contribution in [0.3, 0.4) is 0 Å². The van der Waals surface area contributed by atoms with Crippen molar-refractivity contribution in [2.24, 2.45) is 7.05 Å². The van der Waals surface area contributed by atoms with Crippen LogP contribution in [-0.4, -0.2) is 26.4 Å². The zero-order chi connectivity index (χ0) is 20.3. The van der Waals surface area contributed by atoms with Crippen LogP contribution < -0.4 is 5.32 Å². The van der Waals surface area contributed by atoms with E-state index >= 15 is 0 Å². The van der Waals surface area contributed by atoms with Crippen LogP contribution in [0.1, 0.15) is 26.3 Å². The second-order valence-electron chi connectivity index (χ2n) is 7.54. The Bertz CT molecular complexity index is 960. The Kier molecular flexibility index (Phi) is 6.25. The highest BCUT2D eigenvalue weighted by Crippen LogP contribution is 2.27. The fourth-order valence-electron chi connectivity index (χ4n) is 2.67. The molecule has 1 heterocycles. The maximum Gasteiger partial charge on any atom is 0.234 e. The van der Waals surface area contributed by atoms with Crippen LogP contribution in [0, 0.1) is 0 Å². The molecule has 0 unspecified atom stereocenters. The normalized spacial score (nSPS) is 11.5. The molecule has 0 fully saturated rings. The van der Waals surface area contributed by atoms with Gasteiger partial charge in [0.1, 0.15) is 0 Å². The van der Waals surface area contributed by atoms with E-state index in [-0.39, 0.29) is 17.1 Å². The quantitative estimate of drug-likeness (QED) is 0.528. The minimum absolute atomic E-state index is 0.0774. The fourth-order valence-corrected chi connectivity index (χ4v) is 3.65. The first kappa shape index (κ1) is 20.6. The van der Waals surface area contributed by atoms with Crippen molar-refractivity contribution < 1.29 is 4.79 Å². The molecule has 0 aliphatic heterocycles. The van der Waals surface area contributed by atoms with E-state index in [1.165, 1.54) is 17.3 Å². The number of nitrogens with one attached hydrogen (secondary N) is 1. The maximum atomic E-state index is 12.2. The van der Waals surface area contributed by atoms with Crippen LogP contribution in [0.4, 0.5) is 5.69 Å². The van der Waals surface area contributed by atoms with Crippen molar-refractivity contribution in [3.05, 3.63) is 58.6 Å². The summed E-state index contributed by atoms with van der Waals surface area (Å²) in [6.45, 7) is 6.58.